The summed E-state index contributed by atoms with van der Waals surface area (Å²) in [5.74, 6) is 0.452. The van der Waals surface area contributed by atoms with Crippen LogP contribution in [0.15, 0.2) is 30.3 Å². The van der Waals surface area contributed by atoms with Crippen LogP contribution >= 0.6 is 0 Å². The lowest BCUT2D eigenvalue weighted by atomic mass is 9.95. The van der Waals surface area contributed by atoms with Crippen molar-refractivity contribution in [3.63, 3.8) is 0 Å². The molecule has 0 bridgehead atoms. The van der Waals surface area contributed by atoms with Crippen LogP contribution in [0.2, 0.25) is 0 Å². The number of rotatable bonds is 4. The Bertz CT molecular complexity index is 368. The predicted octanol–water partition coefficient (Wildman–Crippen LogP) is 2.43. The molecule has 3 heteroatoms. The van der Waals surface area contributed by atoms with Gasteiger partial charge in [-0.1, -0.05) is 37.3 Å². The van der Waals surface area contributed by atoms with Gasteiger partial charge in [-0.2, -0.15) is 0 Å². The summed E-state index contributed by atoms with van der Waals surface area (Å²) in [6, 6.07) is 10.5. The molecule has 0 spiro atoms. The van der Waals surface area contributed by atoms with Gasteiger partial charge in [0.05, 0.1) is 6.10 Å². The van der Waals surface area contributed by atoms with Crippen LogP contribution in [0.5, 0.6) is 0 Å². The fourth-order valence-corrected chi connectivity index (χ4v) is 2.77. The Balaban J connectivity index is 1.91. The van der Waals surface area contributed by atoms with Gasteiger partial charge in [0.15, 0.2) is 0 Å². The molecule has 3 nitrogen and oxygen atoms in total. The summed E-state index contributed by atoms with van der Waals surface area (Å²) >= 11 is 0. The SMILES string of the molecule is CC1CN(CC(C)C(N)c2ccccc2)CCCO1. The Morgan fingerprint density at radius 3 is 2.84 bits per heavy atom. The number of nitrogens with two attached hydrogens (primary N) is 1. The van der Waals surface area contributed by atoms with Gasteiger partial charge < -0.3 is 15.4 Å². The lowest BCUT2D eigenvalue weighted by Gasteiger charge is -2.28. The van der Waals surface area contributed by atoms with Crippen LogP contribution in [0.25, 0.3) is 0 Å². The zero-order chi connectivity index (χ0) is 13.7. The lowest BCUT2D eigenvalue weighted by Crippen LogP contribution is -2.37. The second-order valence-corrected chi connectivity index (χ2v) is 5.71. The van der Waals surface area contributed by atoms with Gasteiger partial charge in [0.2, 0.25) is 0 Å². The van der Waals surface area contributed by atoms with E-state index in [4.69, 9.17) is 10.5 Å². The lowest BCUT2D eigenvalue weighted by molar-refractivity contribution is 0.0652. The van der Waals surface area contributed by atoms with E-state index in [1.54, 1.807) is 0 Å². The third kappa shape index (κ3) is 4.30. The van der Waals surface area contributed by atoms with Crippen LogP contribution in [0.1, 0.15) is 31.9 Å². The Hall–Kier alpha value is -0.900. The normalized spacial score (nSPS) is 24.7. The highest BCUT2D eigenvalue weighted by atomic mass is 16.5. The molecule has 3 unspecified atom stereocenters. The number of ether oxygens (including phenoxy) is 1. The second kappa shape index (κ2) is 7.04. The molecule has 2 rings (SSSR count). The zero-order valence-electron chi connectivity index (χ0n) is 12.1. The van der Waals surface area contributed by atoms with Crippen molar-refractivity contribution in [2.24, 2.45) is 11.7 Å². The Labute approximate surface area is 116 Å². The van der Waals surface area contributed by atoms with E-state index >= 15 is 0 Å². The third-order valence-corrected chi connectivity index (χ3v) is 3.88. The molecule has 0 radical (unpaired) electrons. The van der Waals surface area contributed by atoms with E-state index < -0.39 is 0 Å². The number of benzene rings is 1. The second-order valence-electron chi connectivity index (χ2n) is 5.71. The highest BCUT2D eigenvalue weighted by molar-refractivity contribution is 5.19. The molecule has 0 aliphatic carbocycles. The van der Waals surface area contributed by atoms with Crippen LogP contribution in [0.4, 0.5) is 0 Å². The smallest absolute Gasteiger partial charge is 0.0673 e. The van der Waals surface area contributed by atoms with Crippen molar-refractivity contribution in [2.75, 3.05) is 26.2 Å². The maximum atomic E-state index is 6.37. The van der Waals surface area contributed by atoms with Gasteiger partial charge in [-0.05, 0) is 24.8 Å². The topological polar surface area (TPSA) is 38.5 Å². The van der Waals surface area contributed by atoms with Crippen LogP contribution < -0.4 is 5.73 Å². The van der Waals surface area contributed by atoms with E-state index in [9.17, 15) is 0 Å². The molecular weight excluding hydrogens is 236 g/mol. The largest absolute Gasteiger partial charge is 0.377 e. The van der Waals surface area contributed by atoms with Gasteiger partial charge >= 0.3 is 0 Å². The summed E-state index contributed by atoms with van der Waals surface area (Å²) in [4.78, 5) is 2.49. The molecule has 1 aliphatic rings. The molecule has 19 heavy (non-hydrogen) atoms. The van der Waals surface area contributed by atoms with Crippen molar-refractivity contribution < 1.29 is 4.74 Å². The summed E-state index contributed by atoms with van der Waals surface area (Å²) in [5, 5.41) is 0. The van der Waals surface area contributed by atoms with E-state index in [0.717, 1.165) is 32.7 Å². The first-order valence-corrected chi connectivity index (χ1v) is 7.31. The fourth-order valence-electron chi connectivity index (χ4n) is 2.77. The number of hydrogen-bond acceptors (Lipinski definition) is 3. The monoisotopic (exact) mass is 262 g/mol. The van der Waals surface area contributed by atoms with E-state index in [0.29, 0.717) is 12.0 Å². The van der Waals surface area contributed by atoms with Crippen molar-refractivity contribution in [3.8, 4) is 0 Å². The first-order valence-electron chi connectivity index (χ1n) is 7.31. The van der Waals surface area contributed by atoms with E-state index in [1.165, 1.54) is 5.56 Å². The molecule has 106 valence electrons. The van der Waals surface area contributed by atoms with Crippen molar-refractivity contribution in [1.82, 2.24) is 4.90 Å². The first kappa shape index (κ1) is 14.5. The summed E-state index contributed by atoms with van der Waals surface area (Å²) in [6.45, 7) is 8.47. The van der Waals surface area contributed by atoms with Gasteiger partial charge in [0, 0.05) is 32.3 Å². The average Bonchev–Trinajstić information content (AvgIpc) is 2.63. The predicted molar refractivity (Wildman–Crippen MR) is 79.0 cm³/mol. The molecule has 1 heterocycles. The maximum Gasteiger partial charge on any atom is 0.0673 e. The zero-order valence-corrected chi connectivity index (χ0v) is 12.1. The molecule has 1 saturated heterocycles. The molecule has 1 aliphatic heterocycles. The van der Waals surface area contributed by atoms with Crippen molar-refractivity contribution >= 4 is 0 Å². The number of hydrogen-bond donors (Lipinski definition) is 1. The molecular formula is C16H26N2O. The van der Waals surface area contributed by atoms with Gasteiger partial charge in [0.1, 0.15) is 0 Å². The molecule has 1 aromatic carbocycles. The van der Waals surface area contributed by atoms with E-state index in [-0.39, 0.29) is 6.04 Å². The molecule has 0 aromatic heterocycles. The average molecular weight is 262 g/mol. The quantitative estimate of drug-likeness (QED) is 0.905. The minimum Gasteiger partial charge on any atom is -0.377 e. The highest BCUT2D eigenvalue weighted by Crippen LogP contribution is 2.20. The van der Waals surface area contributed by atoms with E-state index in [2.05, 4.69) is 43.0 Å². The molecule has 3 atom stereocenters. The van der Waals surface area contributed by atoms with Crippen molar-refractivity contribution in [1.29, 1.82) is 0 Å². The fraction of sp³-hybridized carbons (Fsp3) is 0.625. The molecule has 0 saturated carbocycles. The van der Waals surface area contributed by atoms with Crippen molar-refractivity contribution in [3.05, 3.63) is 35.9 Å². The summed E-state index contributed by atoms with van der Waals surface area (Å²) < 4.78 is 5.69. The minimum absolute atomic E-state index is 0.112. The van der Waals surface area contributed by atoms with Crippen molar-refractivity contribution in [2.45, 2.75) is 32.4 Å². The molecule has 1 aromatic rings. The third-order valence-electron chi connectivity index (χ3n) is 3.88. The van der Waals surface area contributed by atoms with Gasteiger partial charge in [-0.15, -0.1) is 0 Å². The summed E-state index contributed by atoms with van der Waals surface area (Å²) in [6.07, 6.45) is 1.46. The van der Waals surface area contributed by atoms with Gasteiger partial charge in [0.25, 0.3) is 0 Å². The van der Waals surface area contributed by atoms with Crippen LogP contribution in [0.3, 0.4) is 0 Å². The molecule has 1 fully saturated rings. The van der Waals surface area contributed by atoms with Crippen LogP contribution in [0, 0.1) is 5.92 Å². The number of nitrogens with zero attached hydrogens (tertiary/aromatic N) is 1. The molecule has 0 amide bonds. The van der Waals surface area contributed by atoms with Crippen LogP contribution in [-0.2, 0) is 4.74 Å². The summed E-state index contributed by atoms with van der Waals surface area (Å²) in [5.41, 5.74) is 7.60. The Kier molecular flexibility index (Phi) is 5.37. The highest BCUT2D eigenvalue weighted by Gasteiger charge is 2.21. The summed E-state index contributed by atoms with van der Waals surface area (Å²) in [7, 11) is 0. The van der Waals surface area contributed by atoms with Gasteiger partial charge in [-0.3, -0.25) is 0 Å². The van der Waals surface area contributed by atoms with E-state index in [1.807, 2.05) is 6.07 Å². The Morgan fingerprint density at radius 1 is 1.37 bits per heavy atom. The van der Waals surface area contributed by atoms with Crippen LogP contribution in [-0.4, -0.2) is 37.2 Å². The maximum absolute atomic E-state index is 6.37. The minimum atomic E-state index is 0.112. The standard InChI is InChI=1S/C16H26N2O/c1-13(16(17)15-7-4-3-5-8-15)11-18-9-6-10-19-14(2)12-18/h3-5,7-8,13-14,16H,6,9-12,17H2,1-2H3. The Morgan fingerprint density at radius 2 is 2.11 bits per heavy atom. The van der Waals surface area contributed by atoms with Gasteiger partial charge in [-0.25, -0.2) is 0 Å². The molecule has 2 N–H and O–H groups in total. The first-order chi connectivity index (χ1) is 9.16.